The van der Waals surface area contributed by atoms with E-state index in [1.165, 1.54) is 14.3 Å². The van der Waals surface area contributed by atoms with Gasteiger partial charge in [0.05, 0.1) is 0 Å². The number of aliphatic hydroxyl groups is 1. The van der Waals surface area contributed by atoms with Crippen LogP contribution in [-0.4, -0.2) is 85.7 Å². The number of rotatable bonds is 11. The van der Waals surface area contributed by atoms with Crippen molar-refractivity contribution in [1.29, 1.82) is 0 Å². The van der Waals surface area contributed by atoms with Crippen molar-refractivity contribution in [2.75, 3.05) is 51.2 Å². The van der Waals surface area contributed by atoms with Crippen molar-refractivity contribution in [3.63, 3.8) is 0 Å². The summed E-state index contributed by atoms with van der Waals surface area (Å²) in [6.07, 6.45) is 0. The Hall–Kier alpha value is -2.09. The second-order valence-corrected chi connectivity index (χ2v) is 9.80. The van der Waals surface area contributed by atoms with Crippen LogP contribution < -0.4 is 19.6 Å². The van der Waals surface area contributed by atoms with Crippen LogP contribution in [0.1, 0.15) is 13.8 Å². The van der Waals surface area contributed by atoms with E-state index in [2.05, 4.69) is 52.3 Å². The Morgan fingerprint density at radius 1 is 1.10 bits per heavy atom. The molecule has 7 nitrogen and oxygen atoms in total. The van der Waals surface area contributed by atoms with Crippen molar-refractivity contribution >= 4 is 40.5 Å². The molecule has 0 fully saturated rings. The molecule has 0 atom stereocenters. The molecule has 0 radical (unpaired) electrons. The molecule has 31 heavy (non-hydrogen) atoms. The number of benzene rings is 2. The molecular formula is C23H31N5O2Se. The molecule has 1 aliphatic rings. The van der Waals surface area contributed by atoms with E-state index in [0.29, 0.717) is 12.3 Å². The minimum atomic E-state index is 0.0776. The molecule has 0 spiro atoms. The predicted molar refractivity (Wildman–Crippen MR) is 128 cm³/mol. The summed E-state index contributed by atoms with van der Waals surface area (Å²) >= 11 is 0.0776. The molecule has 1 aliphatic heterocycles. The van der Waals surface area contributed by atoms with Gasteiger partial charge in [0.2, 0.25) is 0 Å². The third-order valence-electron chi connectivity index (χ3n) is 5.75. The average molecular weight is 488 g/mol. The van der Waals surface area contributed by atoms with Crippen molar-refractivity contribution in [3.8, 4) is 17.0 Å². The third-order valence-corrected chi connectivity index (χ3v) is 8.25. The second kappa shape index (κ2) is 10.0. The molecule has 0 bridgehead atoms. The van der Waals surface area contributed by atoms with Crippen molar-refractivity contribution in [1.82, 2.24) is 20.0 Å². The van der Waals surface area contributed by atoms with Crippen molar-refractivity contribution in [3.05, 3.63) is 30.3 Å². The number of anilines is 1. The van der Waals surface area contributed by atoms with Crippen LogP contribution in [0.5, 0.6) is 5.75 Å². The first-order valence-corrected chi connectivity index (χ1v) is 12.7. The van der Waals surface area contributed by atoms with E-state index in [0.717, 1.165) is 61.7 Å². The average Bonchev–Trinajstić information content (AvgIpc) is 3.15. The van der Waals surface area contributed by atoms with Gasteiger partial charge in [0.25, 0.3) is 0 Å². The SMILES string of the molecule is CCN(CC)CCn1nc2c3c(c(NCCNCCO)ccc31)[Se]c1cccc(O)c1-2. The zero-order chi connectivity index (χ0) is 21.8. The first kappa shape index (κ1) is 22.1. The van der Waals surface area contributed by atoms with Crippen LogP contribution >= 0.6 is 0 Å². The van der Waals surface area contributed by atoms with E-state index in [-0.39, 0.29) is 21.6 Å². The van der Waals surface area contributed by atoms with Crippen LogP contribution in [0.4, 0.5) is 5.69 Å². The Bertz CT molecular complexity index is 1050. The molecule has 166 valence electrons. The van der Waals surface area contributed by atoms with Crippen molar-refractivity contribution in [2.24, 2.45) is 0 Å². The molecule has 0 saturated carbocycles. The van der Waals surface area contributed by atoms with Gasteiger partial charge < -0.3 is 0 Å². The Morgan fingerprint density at radius 3 is 2.71 bits per heavy atom. The van der Waals surface area contributed by atoms with Crippen LogP contribution in [0.15, 0.2) is 30.3 Å². The molecular weight excluding hydrogens is 457 g/mol. The van der Waals surface area contributed by atoms with Gasteiger partial charge in [0.1, 0.15) is 0 Å². The predicted octanol–water partition coefficient (Wildman–Crippen LogP) is 0.713. The van der Waals surface area contributed by atoms with Crippen LogP contribution in [-0.2, 0) is 6.54 Å². The monoisotopic (exact) mass is 489 g/mol. The molecule has 4 N–H and O–H groups in total. The molecule has 1 aromatic heterocycles. The Kier molecular flexibility index (Phi) is 7.15. The van der Waals surface area contributed by atoms with E-state index < -0.39 is 0 Å². The topological polar surface area (TPSA) is 85.6 Å². The van der Waals surface area contributed by atoms with Gasteiger partial charge in [-0.2, -0.15) is 0 Å². The Labute approximate surface area is 189 Å². The van der Waals surface area contributed by atoms with Gasteiger partial charge in [-0.15, -0.1) is 0 Å². The summed E-state index contributed by atoms with van der Waals surface area (Å²) in [4.78, 5) is 2.40. The van der Waals surface area contributed by atoms with Crippen LogP contribution in [0.3, 0.4) is 0 Å². The number of phenols is 1. The van der Waals surface area contributed by atoms with E-state index in [9.17, 15) is 5.11 Å². The van der Waals surface area contributed by atoms with Crippen LogP contribution in [0, 0.1) is 0 Å². The van der Waals surface area contributed by atoms with Crippen molar-refractivity contribution < 1.29 is 10.2 Å². The fourth-order valence-electron chi connectivity index (χ4n) is 4.05. The fraction of sp³-hybridized carbons (Fsp3) is 0.435. The van der Waals surface area contributed by atoms with Gasteiger partial charge in [-0.1, -0.05) is 0 Å². The normalized spacial score (nSPS) is 12.5. The summed E-state index contributed by atoms with van der Waals surface area (Å²) in [7, 11) is 0. The summed E-state index contributed by atoms with van der Waals surface area (Å²) < 4.78 is 4.58. The van der Waals surface area contributed by atoms with Gasteiger partial charge in [0.15, 0.2) is 0 Å². The first-order valence-electron chi connectivity index (χ1n) is 11.0. The summed E-state index contributed by atoms with van der Waals surface area (Å²) in [5, 5.41) is 32.5. The Morgan fingerprint density at radius 2 is 1.94 bits per heavy atom. The molecule has 3 aromatic rings. The van der Waals surface area contributed by atoms with Gasteiger partial charge in [-0.05, 0) is 0 Å². The zero-order valence-electron chi connectivity index (χ0n) is 18.2. The molecule has 4 rings (SSSR count). The fourth-order valence-corrected chi connectivity index (χ4v) is 6.62. The maximum absolute atomic E-state index is 10.6. The third kappa shape index (κ3) is 4.45. The number of hydrogen-bond donors (Lipinski definition) is 4. The second-order valence-electron chi connectivity index (χ2n) is 7.59. The van der Waals surface area contributed by atoms with E-state index in [1.54, 1.807) is 6.07 Å². The number of nitrogens with one attached hydrogen (secondary N) is 2. The van der Waals surface area contributed by atoms with Gasteiger partial charge >= 0.3 is 190 Å². The summed E-state index contributed by atoms with van der Waals surface area (Å²) in [5.74, 6) is 0.312. The van der Waals surface area contributed by atoms with Crippen LogP contribution in [0.2, 0.25) is 0 Å². The number of likely N-dealkylation sites (N-methyl/N-ethyl adjacent to an activating group) is 1. The standard InChI is InChI=1S/C23H31N5O2Se/c1-3-27(4-2)13-14-28-17-9-8-16(25-11-10-24-12-15-29)23-20(17)22(26-28)21-18(30)6-5-7-19(21)31-23/h5-9,24-25,29-30H,3-4,10-15H2,1-2H3. The van der Waals surface area contributed by atoms with Crippen LogP contribution in [0.25, 0.3) is 22.2 Å². The number of aromatic nitrogens is 2. The van der Waals surface area contributed by atoms with Gasteiger partial charge in [0, 0.05) is 0 Å². The van der Waals surface area contributed by atoms with Gasteiger partial charge in [-0.25, -0.2) is 0 Å². The van der Waals surface area contributed by atoms with E-state index in [4.69, 9.17) is 10.2 Å². The summed E-state index contributed by atoms with van der Waals surface area (Å²) in [6, 6.07) is 10.1. The molecule has 0 unspecified atom stereocenters. The van der Waals surface area contributed by atoms with Gasteiger partial charge in [-0.3, -0.25) is 0 Å². The summed E-state index contributed by atoms with van der Waals surface area (Å²) in [5.41, 5.74) is 4.06. The first-order chi connectivity index (χ1) is 15.2. The number of aromatic hydroxyl groups is 1. The molecule has 2 heterocycles. The number of aliphatic hydroxyl groups excluding tert-OH is 1. The number of phenolic OH excluding ortho intramolecular Hbond substituents is 1. The molecule has 0 saturated heterocycles. The molecule has 2 aromatic carbocycles. The minimum absolute atomic E-state index is 0.0776. The van der Waals surface area contributed by atoms with E-state index >= 15 is 0 Å². The zero-order valence-corrected chi connectivity index (χ0v) is 19.9. The number of nitrogens with zero attached hydrogens (tertiary/aromatic N) is 3. The number of hydrogen-bond acceptors (Lipinski definition) is 6. The van der Waals surface area contributed by atoms with E-state index in [1.807, 2.05) is 6.07 Å². The maximum atomic E-state index is 10.6. The molecule has 8 heteroatoms. The quantitative estimate of drug-likeness (QED) is 0.184. The molecule has 0 amide bonds. The summed E-state index contributed by atoms with van der Waals surface area (Å²) in [6.45, 7) is 10.5. The van der Waals surface area contributed by atoms with Crippen molar-refractivity contribution in [2.45, 2.75) is 20.4 Å². The molecule has 0 aliphatic carbocycles. The number of fused-ring (bicyclic) bond motifs is 2. The Balaban J connectivity index is 1.72.